The summed E-state index contributed by atoms with van der Waals surface area (Å²) in [4.78, 5) is 12.4. The minimum atomic E-state index is 0. The molecule has 1 aromatic rings. The highest BCUT2D eigenvalue weighted by molar-refractivity contribution is 9.11. The molecule has 0 spiro atoms. The summed E-state index contributed by atoms with van der Waals surface area (Å²) < 4.78 is 1.07. The maximum absolute atomic E-state index is 11.3. The predicted molar refractivity (Wildman–Crippen MR) is 69.9 cm³/mol. The average molecular weight is 314 g/mol. The number of halogens is 2. The van der Waals surface area contributed by atoms with Crippen molar-refractivity contribution in [3.8, 4) is 0 Å². The van der Waals surface area contributed by atoms with Crippen LogP contribution in [0.25, 0.3) is 0 Å². The van der Waals surface area contributed by atoms with Gasteiger partial charge in [-0.25, -0.2) is 0 Å². The molecular formula is C9H14BrClN2OS. The van der Waals surface area contributed by atoms with Gasteiger partial charge in [0.05, 0.1) is 10.2 Å². The van der Waals surface area contributed by atoms with Crippen LogP contribution >= 0.6 is 39.7 Å². The molecule has 0 radical (unpaired) electrons. The Labute approximate surface area is 108 Å². The summed E-state index contributed by atoms with van der Waals surface area (Å²) in [6, 6.07) is 3.92. The molecule has 0 saturated heterocycles. The van der Waals surface area contributed by atoms with E-state index in [0.717, 1.165) is 15.2 Å². The lowest BCUT2D eigenvalue weighted by atomic mass is 10.3. The molecule has 6 heteroatoms. The lowest BCUT2D eigenvalue weighted by molar-refractivity contribution is -0.120. The fourth-order valence-electron chi connectivity index (χ4n) is 0.994. The van der Waals surface area contributed by atoms with Crippen LogP contribution in [0.15, 0.2) is 15.9 Å². The van der Waals surface area contributed by atoms with Gasteiger partial charge in [-0.1, -0.05) is 0 Å². The van der Waals surface area contributed by atoms with E-state index in [4.69, 9.17) is 0 Å². The highest BCUT2D eigenvalue weighted by Gasteiger charge is 2.04. The summed E-state index contributed by atoms with van der Waals surface area (Å²) in [6.45, 7) is 1.49. The fraction of sp³-hybridized carbons (Fsp3) is 0.444. The Morgan fingerprint density at radius 1 is 1.47 bits per heavy atom. The van der Waals surface area contributed by atoms with E-state index < -0.39 is 0 Å². The summed E-state index contributed by atoms with van der Waals surface area (Å²) in [5, 5.41) is 5.80. The van der Waals surface area contributed by atoms with Crippen molar-refractivity contribution < 1.29 is 4.79 Å². The summed E-state index contributed by atoms with van der Waals surface area (Å²) in [5.74, 6) is 0.0783. The quantitative estimate of drug-likeness (QED) is 0.814. The average Bonchev–Trinajstić information content (AvgIpc) is 2.52. The number of amides is 1. The first kappa shape index (κ1) is 14.9. The number of hydrogen-bond acceptors (Lipinski definition) is 3. The third kappa shape index (κ3) is 6.14. The second kappa shape index (κ2) is 8.10. The van der Waals surface area contributed by atoms with Crippen molar-refractivity contribution in [2.24, 2.45) is 0 Å². The lowest BCUT2D eigenvalue weighted by Gasteiger charge is -2.02. The fourth-order valence-corrected chi connectivity index (χ4v) is 2.48. The van der Waals surface area contributed by atoms with Gasteiger partial charge in [-0.2, -0.15) is 0 Å². The first-order chi connectivity index (χ1) is 6.72. The third-order valence-electron chi connectivity index (χ3n) is 1.66. The molecule has 0 bridgehead atoms. The Hall–Kier alpha value is -0.100. The number of likely N-dealkylation sites (N-methyl/N-ethyl adjacent to an activating group) is 1. The third-order valence-corrected chi connectivity index (χ3v) is 3.28. The number of nitrogens with one attached hydrogen (secondary N) is 2. The highest BCUT2D eigenvalue weighted by atomic mass is 79.9. The topological polar surface area (TPSA) is 41.1 Å². The summed E-state index contributed by atoms with van der Waals surface area (Å²) in [7, 11) is 1.86. The van der Waals surface area contributed by atoms with Crippen LogP contribution < -0.4 is 10.6 Å². The van der Waals surface area contributed by atoms with Gasteiger partial charge in [-0.3, -0.25) is 4.79 Å². The molecule has 0 fully saturated rings. The second-order valence-electron chi connectivity index (χ2n) is 2.84. The van der Waals surface area contributed by atoms with E-state index in [1.165, 1.54) is 0 Å². The van der Waals surface area contributed by atoms with Gasteiger partial charge >= 0.3 is 0 Å². The Balaban J connectivity index is 0.00000196. The van der Waals surface area contributed by atoms with Crippen molar-refractivity contribution in [2.75, 3.05) is 20.1 Å². The smallest absolute Gasteiger partial charge is 0.225 e. The second-order valence-corrected chi connectivity index (χ2v) is 5.38. The zero-order chi connectivity index (χ0) is 10.4. The van der Waals surface area contributed by atoms with Crippen molar-refractivity contribution >= 4 is 45.6 Å². The number of carbonyl (C=O) groups excluding carboxylic acids is 1. The van der Waals surface area contributed by atoms with E-state index >= 15 is 0 Å². The Morgan fingerprint density at radius 3 is 2.73 bits per heavy atom. The molecule has 86 valence electrons. The molecule has 0 aliphatic heterocycles. The first-order valence-corrected chi connectivity index (χ1v) is 5.99. The molecule has 1 rings (SSSR count). The highest BCUT2D eigenvalue weighted by Crippen LogP contribution is 2.22. The van der Waals surface area contributed by atoms with E-state index in [9.17, 15) is 4.79 Å². The van der Waals surface area contributed by atoms with Gasteiger partial charge in [-0.15, -0.1) is 23.7 Å². The maximum Gasteiger partial charge on any atom is 0.225 e. The normalized spacial score (nSPS) is 9.47. The van der Waals surface area contributed by atoms with Gasteiger partial charge in [0.2, 0.25) is 5.91 Å². The van der Waals surface area contributed by atoms with E-state index in [2.05, 4.69) is 26.6 Å². The molecule has 0 unspecified atom stereocenters. The first-order valence-electron chi connectivity index (χ1n) is 4.38. The molecule has 3 nitrogen and oxygen atoms in total. The van der Waals surface area contributed by atoms with Crippen LogP contribution in [0, 0.1) is 0 Å². The van der Waals surface area contributed by atoms with Crippen molar-refractivity contribution in [1.29, 1.82) is 0 Å². The van der Waals surface area contributed by atoms with Gasteiger partial charge in [0.25, 0.3) is 0 Å². The molecular weight excluding hydrogens is 300 g/mol. The van der Waals surface area contributed by atoms with E-state index in [1.54, 1.807) is 11.3 Å². The molecule has 0 aliphatic rings. The molecule has 0 aliphatic carbocycles. The molecule has 1 aromatic heterocycles. The minimum Gasteiger partial charge on any atom is -0.355 e. The van der Waals surface area contributed by atoms with Crippen molar-refractivity contribution in [3.63, 3.8) is 0 Å². The van der Waals surface area contributed by atoms with E-state index in [1.807, 2.05) is 19.2 Å². The molecule has 0 saturated carbocycles. The minimum absolute atomic E-state index is 0. The van der Waals surface area contributed by atoms with Crippen molar-refractivity contribution in [1.82, 2.24) is 10.6 Å². The summed E-state index contributed by atoms with van der Waals surface area (Å²) in [6.07, 6.45) is 0.472. The van der Waals surface area contributed by atoms with Crippen LogP contribution in [0.2, 0.25) is 0 Å². The van der Waals surface area contributed by atoms with Crippen LogP contribution in [0.3, 0.4) is 0 Å². The molecule has 1 heterocycles. The van der Waals surface area contributed by atoms with Gasteiger partial charge in [0.15, 0.2) is 0 Å². The molecule has 1 amide bonds. The predicted octanol–water partition coefficient (Wildman–Crippen LogP) is 1.81. The van der Waals surface area contributed by atoms with E-state index in [-0.39, 0.29) is 18.3 Å². The van der Waals surface area contributed by atoms with Crippen molar-refractivity contribution in [2.45, 2.75) is 6.42 Å². The maximum atomic E-state index is 11.3. The van der Waals surface area contributed by atoms with Gasteiger partial charge in [0, 0.05) is 18.0 Å². The molecule has 0 aromatic carbocycles. The molecule has 2 N–H and O–H groups in total. The van der Waals surface area contributed by atoms with Crippen LogP contribution in [-0.2, 0) is 11.2 Å². The Morgan fingerprint density at radius 2 is 2.20 bits per heavy atom. The monoisotopic (exact) mass is 312 g/mol. The van der Waals surface area contributed by atoms with Crippen LogP contribution in [0.4, 0.5) is 0 Å². The SMILES string of the molecule is CNCCNC(=O)Cc1ccc(Br)s1.Cl. The summed E-state index contributed by atoms with van der Waals surface area (Å²) in [5.41, 5.74) is 0. The van der Waals surface area contributed by atoms with Gasteiger partial charge in [0.1, 0.15) is 0 Å². The number of carbonyl (C=O) groups is 1. The molecule has 0 atom stereocenters. The van der Waals surface area contributed by atoms with Gasteiger partial charge < -0.3 is 10.6 Å². The zero-order valence-corrected chi connectivity index (χ0v) is 11.6. The van der Waals surface area contributed by atoms with Gasteiger partial charge in [-0.05, 0) is 35.1 Å². The Bertz CT molecular complexity index is 306. The van der Waals surface area contributed by atoms with Crippen molar-refractivity contribution in [3.05, 3.63) is 20.8 Å². The zero-order valence-electron chi connectivity index (χ0n) is 8.38. The number of rotatable bonds is 5. The Kier molecular flexibility index (Phi) is 8.04. The largest absolute Gasteiger partial charge is 0.355 e. The number of hydrogen-bond donors (Lipinski definition) is 2. The van der Waals surface area contributed by atoms with Crippen LogP contribution in [0.1, 0.15) is 4.88 Å². The lowest BCUT2D eigenvalue weighted by Crippen LogP contribution is -2.31. The van der Waals surface area contributed by atoms with E-state index in [0.29, 0.717) is 13.0 Å². The standard InChI is InChI=1S/C9H13BrN2OS.ClH/c1-11-4-5-12-9(13)6-7-2-3-8(10)14-7;/h2-3,11H,4-6H2,1H3,(H,12,13);1H. The summed E-state index contributed by atoms with van der Waals surface area (Å²) >= 11 is 4.96. The van der Waals surface area contributed by atoms with Crippen LogP contribution in [0.5, 0.6) is 0 Å². The van der Waals surface area contributed by atoms with Crippen LogP contribution in [-0.4, -0.2) is 26.0 Å². The molecule has 15 heavy (non-hydrogen) atoms. The number of thiophene rings is 1.